The second kappa shape index (κ2) is 10.3. The Morgan fingerprint density at radius 3 is 2.41 bits per heavy atom. The highest BCUT2D eigenvalue weighted by molar-refractivity contribution is 7.89. The molecular weight excluding hydrogens is 438 g/mol. The molecule has 0 radical (unpaired) electrons. The summed E-state index contributed by atoms with van der Waals surface area (Å²) in [4.78, 5) is 35.2. The lowest BCUT2D eigenvalue weighted by atomic mass is 10.1. The number of carbonyl (C=O) groups excluding carboxylic acids is 2. The van der Waals surface area contributed by atoms with Crippen molar-refractivity contribution < 1.29 is 27.7 Å². The van der Waals surface area contributed by atoms with E-state index in [0.717, 1.165) is 0 Å². The zero-order valence-electron chi connectivity index (χ0n) is 18.2. The van der Waals surface area contributed by atoms with Crippen molar-refractivity contribution in [2.24, 2.45) is 0 Å². The summed E-state index contributed by atoms with van der Waals surface area (Å²) in [6.45, 7) is 6.96. The number of nitrogens with one attached hydrogen (secondary N) is 1. The normalized spacial score (nSPS) is 12.3. The van der Waals surface area contributed by atoms with Crippen LogP contribution in [0, 0.1) is 17.0 Å². The summed E-state index contributed by atoms with van der Waals surface area (Å²) >= 11 is 0. The van der Waals surface area contributed by atoms with Crippen LogP contribution in [0.25, 0.3) is 0 Å². The molecule has 0 heterocycles. The number of carbonyl (C=O) groups is 2. The smallest absolute Gasteiger partial charge is 0.338 e. The number of nitro groups is 1. The van der Waals surface area contributed by atoms with E-state index < -0.39 is 32.9 Å². The van der Waals surface area contributed by atoms with Crippen molar-refractivity contribution in [1.29, 1.82) is 0 Å². The van der Waals surface area contributed by atoms with Gasteiger partial charge in [0.25, 0.3) is 11.6 Å². The molecule has 0 fully saturated rings. The molecule has 2 aromatic carbocycles. The number of hydrogen-bond acceptors (Lipinski definition) is 7. The van der Waals surface area contributed by atoms with E-state index in [4.69, 9.17) is 4.74 Å². The molecular formula is C21H25N3O7S. The Labute approximate surface area is 186 Å². The summed E-state index contributed by atoms with van der Waals surface area (Å²) in [7, 11) is -3.79. The highest BCUT2D eigenvalue weighted by Gasteiger charge is 2.26. The first kappa shape index (κ1) is 25.0. The van der Waals surface area contributed by atoms with Crippen LogP contribution < -0.4 is 5.32 Å². The predicted octanol–water partition coefficient (Wildman–Crippen LogP) is 3.12. The van der Waals surface area contributed by atoms with Crippen molar-refractivity contribution in [2.45, 2.75) is 38.7 Å². The number of anilines is 1. The number of esters is 1. The quantitative estimate of drug-likeness (QED) is 0.343. The van der Waals surface area contributed by atoms with E-state index in [1.807, 2.05) is 0 Å². The third kappa shape index (κ3) is 5.68. The van der Waals surface area contributed by atoms with Gasteiger partial charge in [-0.25, -0.2) is 13.2 Å². The summed E-state index contributed by atoms with van der Waals surface area (Å²) in [5.74, 6) is -1.57. The van der Waals surface area contributed by atoms with Gasteiger partial charge in [0.2, 0.25) is 10.0 Å². The third-order valence-electron chi connectivity index (χ3n) is 4.72. The maximum atomic E-state index is 12.9. The van der Waals surface area contributed by atoms with Gasteiger partial charge in [-0.1, -0.05) is 26.0 Å². The van der Waals surface area contributed by atoms with Gasteiger partial charge in [-0.05, 0) is 37.6 Å². The number of aryl methyl sites for hydroxylation is 1. The standard InChI is InChI=1S/C21H25N3O7S/c1-5-23(6-2)32(29,30)19-12-16(11-10-14(19)3)21(26)31-15(4)20(25)22-17-8-7-9-18(13-17)24(27)28/h7-13,15H,5-6H2,1-4H3,(H,22,25). The number of hydrogen-bond donors (Lipinski definition) is 1. The maximum Gasteiger partial charge on any atom is 0.338 e. The minimum atomic E-state index is -3.79. The van der Waals surface area contributed by atoms with Crippen LogP contribution in [0.5, 0.6) is 0 Å². The molecule has 0 bridgehead atoms. The van der Waals surface area contributed by atoms with Crippen molar-refractivity contribution in [2.75, 3.05) is 18.4 Å². The van der Waals surface area contributed by atoms with Gasteiger partial charge in [-0.3, -0.25) is 14.9 Å². The molecule has 0 aromatic heterocycles. The first-order valence-corrected chi connectivity index (χ1v) is 11.3. The summed E-state index contributed by atoms with van der Waals surface area (Å²) in [5.41, 5.74) is 0.435. The maximum absolute atomic E-state index is 12.9. The molecule has 32 heavy (non-hydrogen) atoms. The van der Waals surface area contributed by atoms with Gasteiger partial charge in [0.05, 0.1) is 15.4 Å². The fourth-order valence-electron chi connectivity index (χ4n) is 2.93. The highest BCUT2D eigenvalue weighted by Crippen LogP contribution is 2.22. The Kier molecular flexibility index (Phi) is 8.06. The predicted molar refractivity (Wildman–Crippen MR) is 118 cm³/mol. The minimum absolute atomic E-state index is 0.00986. The van der Waals surface area contributed by atoms with Gasteiger partial charge in [0, 0.05) is 30.9 Å². The molecule has 0 aliphatic carbocycles. The SMILES string of the molecule is CCN(CC)S(=O)(=O)c1cc(C(=O)OC(C)C(=O)Nc2cccc([N+](=O)[O-])c2)ccc1C. The number of benzene rings is 2. The van der Waals surface area contributed by atoms with Crippen molar-refractivity contribution in [1.82, 2.24) is 4.31 Å². The molecule has 1 N–H and O–H groups in total. The lowest BCUT2D eigenvalue weighted by Gasteiger charge is -2.20. The molecule has 0 aliphatic heterocycles. The van der Waals surface area contributed by atoms with E-state index >= 15 is 0 Å². The Morgan fingerprint density at radius 2 is 1.81 bits per heavy atom. The molecule has 2 rings (SSSR count). The van der Waals surface area contributed by atoms with E-state index in [1.54, 1.807) is 20.8 Å². The summed E-state index contributed by atoms with van der Waals surface area (Å²) in [5, 5.41) is 13.3. The second-order valence-electron chi connectivity index (χ2n) is 6.91. The number of ether oxygens (including phenoxy) is 1. The van der Waals surface area contributed by atoms with E-state index in [1.165, 1.54) is 53.7 Å². The lowest BCUT2D eigenvalue weighted by Crippen LogP contribution is -2.32. The monoisotopic (exact) mass is 463 g/mol. The fraction of sp³-hybridized carbons (Fsp3) is 0.333. The van der Waals surface area contributed by atoms with Crippen LogP contribution in [0.3, 0.4) is 0 Å². The molecule has 1 amide bonds. The number of amides is 1. The molecule has 0 saturated heterocycles. The summed E-state index contributed by atoms with van der Waals surface area (Å²) in [6, 6.07) is 9.48. The Morgan fingerprint density at radius 1 is 1.16 bits per heavy atom. The fourth-order valence-corrected chi connectivity index (χ4v) is 4.64. The zero-order chi connectivity index (χ0) is 24.1. The van der Waals surface area contributed by atoms with Crippen LogP contribution >= 0.6 is 0 Å². The van der Waals surface area contributed by atoms with Crippen LogP contribution in [-0.2, 0) is 19.6 Å². The van der Waals surface area contributed by atoms with Crippen molar-refractivity contribution in [3.8, 4) is 0 Å². The largest absolute Gasteiger partial charge is 0.449 e. The van der Waals surface area contributed by atoms with Crippen LogP contribution in [0.1, 0.15) is 36.7 Å². The lowest BCUT2D eigenvalue weighted by molar-refractivity contribution is -0.384. The number of nitrogens with zero attached hydrogens (tertiary/aromatic N) is 2. The Bertz CT molecular complexity index is 1130. The van der Waals surface area contributed by atoms with E-state index in [9.17, 15) is 28.1 Å². The van der Waals surface area contributed by atoms with E-state index in [0.29, 0.717) is 5.56 Å². The van der Waals surface area contributed by atoms with Gasteiger partial charge in [0.1, 0.15) is 0 Å². The Balaban J connectivity index is 2.17. The van der Waals surface area contributed by atoms with Crippen molar-refractivity contribution >= 4 is 33.3 Å². The first-order chi connectivity index (χ1) is 15.0. The second-order valence-corrected chi connectivity index (χ2v) is 8.82. The number of nitro benzene ring substituents is 1. The van der Waals surface area contributed by atoms with Crippen LogP contribution in [0.2, 0.25) is 0 Å². The molecule has 0 spiro atoms. The van der Waals surface area contributed by atoms with Gasteiger partial charge in [0.15, 0.2) is 6.10 Å². The van der Waals surface area contributed by atoms with Crippen LogP contribution in [-0.4, -0.2) is 48.7 Å². The summed E-state index contributed by atoms with van der Waals surface area (Å²) in [6.07, 6.45) is -1.23. The van der Waals surface area contributed by atoms with Gasteiger partial charge in [-0.15, -0.1) is 0 Å². The number of non-ortho nitro benzene ring substituents is 1. The molecule has 0 saturated carbocycles. The van der Waals surface area contributed by atoms with Gasteiger partial charge >= 0.3 is 5.97 Å². The van der Waals surface area contributed by atoms with Gasteiger partial charge in [-0.2, -0.15) is 4.31 Å². The molecule has 10 nitrogen and oxygen atoms in total. The average molecular weight is 464 g/mol. The van der Waals surface area contributed by atoms with Gasteiger partial charge < -0.3 is 10.1 Å². The number of rotatable bonds is 9. The number of sulfonamides is 1. The third-order valence-corrected chi connectivity index (χ3v) is 6.92. The van der Waals surface area contributed by atoms with E-state index in [-0.39, 0.29) is 34.9 Å². The van der Waals surface area contributed by atoms with Crippen molar-refractivity contribution in [3.05, 3.63) is 63.7 Å². The molecule has 2 aromatic rings. The highest BCUT2D eigenvalue weighted by atomic mass is 32.2. The molecule has 172 valence electrons. The molecule has 0 aliphatic rings. The van der Waals surface area contributed by atoms with Crippen LogP contribution in [0.4, 0.5) is 11.4 Å². The molecule has 11 heteroatoms. The van der Waals surface area contributed by atoms with Crippen molar-refractivity contribution in [3.63, 3.8) is 0 Å². The topological polar surface area (TPSA) is 136 Å². The molecule has 1 atom stereocenters. The van der Waals surface area contributed by atoms with E-state index in [2.05, 4.69) is 5.32 Å². The summed E-state index contributed by atoms with van der Waals surface area (Å²) < 4.78 is 32.2. The first-order valence-electron chi connectivity index (χ1n) is 9.88. The zero-order valence-corrected chi connectivity index (χ0v) is 19.0. The average Bonchev–Trinajstić information content (AvgIpc) is 2.74. The molecule has 1 unspecified atom stereocenters. The Hall–Kier alpha value is -3.31. The van der Waals surface area contributed by atoms with Crippen LogP contribution in [0.15, 0.2) is 47.4 Å². The minimum Gasteiger partial charge on any atom is -0.449 e.